The van der Waals surface area contributed by atoms with Crippen LogP contribution in [0, 0.1) is 18.6 Å². The summed E-state index contributed by atoms with van der Waals surface area (Å²) in [5, 5.41) is 6.88. The largest absolute Gasteiger partial charge is 0.347 e. The Morgan fingerprint density at radius 3 is 2.46 bits per heavy atom. The second kappa shape index (κ2) is 8.53. The smallest absolute Gasteiger partial charge is 0.269 e. The number of nitrogens with zero attached hydrogens (tertiary/aromatic N) is 4. The van der Waals surface area contributed by atoms with Gasteiger partial charge in [0.05, 0.1) is 5.69 Å². The lowest BCUT2D eigenvalue weighted by Crippen LogP contribution is -2.55. The number of nitrogens with one attached hydrogen (secondary N) is 1. The molecule has 2 aliphatic rings. The second-order valence-electron chi connectivity index (χ2n) is 8.88. The molecule has 0 bridgehead atoms. The molecular weight excluding hydrogens is 472 g/mol. The number of halogens is 2. The summed E-state index contributed by atoms with van der Waals surface area (Å²) in [4.78, 5) is 29.0. The van der Waals surface area contributed by atoms with Crippen LogP contribution in [0.25, 0.3) is 0 Å². The predicted octanol–water partition coefficient (Wildman–Crippen LogP) is 4.00. The zero-order valence-electron chi connectivity index (χ0n) is 19.2. The third-order valence-electron chi connectivity index (χ3n) is 6.78. The van der Waals surface area contributed by atoms with Crippen LogP contribution < -0.4 is 15.1 Å². The summed E-state index contributed by atoms with van der Waals surface area (Å²) in [5.74, 6) is -1.44. The molecule has 2 amide bonds. The van der Waals surface area contributed by atoms with Crippen molar-refractivity contribution in [3.63, 3.8) is 0 Å². The maximum Gasteiger partial charge on any atom is 0.269 e. The number of rotatable bonds is 5. The van der Waals surface area contributed by atoms with E-state index in [1.54, 1.807) is 43.1 Å². The zero-order valence-corrected chi connectivity index (χ0v) is 20.0. The van der Waals surface area contributed by atoms with Gasteiger partial charge in [-0.2, -0.15) is 5.10 Å². The van der Waals surface area contributed by atoms with Gasteiger partial charge in [0.2, 0.25) is 0 Å². The van der Waals surface area contributed by atoms with Crippen LogP contribution in [-0.4, -0.2) is 32.2 Å². The van der Waals surface area contributed by atoms with Crippen molar-refractivity contribution in [1.82, 2.24) is 15.1 Å². The van der Waals surface area contributed by atoms with Gasteiger partial charge in [0.25, 0.3) is 11.8 Å². The highest BCUT2D eigenvalue weighted by atomic mass is 32.1. The zero-order chi connectivity index (χ0) is 24.9. The van der Waals surface area contributed by atoms with Gasteiger partial charge in [0, 0.05) is 31.0 Å². The monoisotopic (exact) mass is 495 g/mol. The van der Waals surface area contributed by atoms with E-state index in [0.717, 1.165) is 6.42 Å². The average molecular weight is 496 g/mol. The number of anilines is 2. The molecule has 2 aromatic carbocycles. The Morgan fingerprint density at radius 1 is 1.11 bits per heavy atom. The van der Waals surface area contributed by atoms with Gasteiger partial charge in [0.1, 0.15) is 22.9 Å². The molecule has 7 nitrogen and oxygen atoms in total. The van der Waals surface area contributed by atoms with E-state index in [-0.39, 0.29) is 29.3 Å². The molecule has 3 aromatic rings. The lowest BCUT2D eigenvalue weighted by atomic mass is 9.75. The minimum absolute atomic E-state index is 0.00831. The van der Waals surface area contributed by atoms with Crippen molar-refractivity contribution in [3.05, 3.63) is 77.1 Å². The minimum atomic E-state index is -0.874. The van der Waals surface area contributed by atoms with Gasteiger partial charge in [-0.15, -0.1) is 0 Å². The van der Waals surface area contributed by atoms with Crippen LogP contribution in [0.15, 0.2) is 48.7 Å². The third kappa shape index (κ3) is 3.68. The molecule has 1 aliphatic carbocycles. The first-order chi connectivity index (χ1) is 16.7. The molecule has 0 radical (unpaired) electrons. The van der Waals surface area contributed by atoms with E-state index in [1.165, 1.54) is 34.0 Å². The topological polar surface area (TPSA) is 70.5 Å². The standard InChI is InChI=1S/C25H23F2N5O2S/c1-15-12-17(6-7-19(15)26)31-23(34)25(9-3-10-25)32(24(31)35)18-5-4-16(20(27)13-18)14-28-22(33)21-8-11-29-30(21)2/h4-8,11-13H,3,9-10,14H2,1-2H3,(H,28,33). The molecule has 180 valence electrons. The van der Waals surface area contributed by atoms with E-state index in [9.17, 15) is 14.0 Å². The lowest BCUT2D eigenvalue weighted by Gasteiger charge is -2.43. The van der Waals surface area contributed by atoms with Crippen LogP contribution in [0.1, 0.15) is 40.9 Å². The van der Waals surface area contributed by atoms with Crippen molar-refractivity contribution < 1.29 is 18.4 Å². The van der Waals surface area contributed by atoms with E-state index < -0.39 is 11.4 Å². The van der Waals surface area contributed by atoms with Crippen LogP contribution in [-0.2, 0) is 18.4 Å². The molecule has 1 spiro atoms. The molecule has 1 saturated heterocycles. The number of hydrogen-bond acceptors (Lipinski definition) is 4. The highest BCUT2D eigenvalue weighted by Crippen LogP contribution is 2.48. The Balaban J connectivity index is 1.41. The molecule has 1 saturated carbocycles. The lowest BCUT2D eigenvalue weighted by molar-refractivity contribution is -0.123. The van der Waals surface area contributed by atoms with Crippen molar-refractivity contribution in [2.45, 2.75) is 38.3 Å². The molecule has 2 heterocycles. The van der Waals surface area contributed by atoms with E-state index in [4.69, 9.17) is 12.2 Å². The molecule has 1 aromatic heterocycles. The second-order valence-corrected chi connectivity index (χ2v) is 9.24. The summed E-state index contributed by atoms with van der Waals surface area (Å²) in [6.45, 7) is 1.62. The summed E-state index contributed by atoms with van der Waals surface area (Å²) in [6, 6.07) is 10.6. The van der Waals surface area contributed by atoms with Gasteiger partial charge in [-0.05, 0) is 80.4 Å². The van der Waals surface area contributed by atoms with E-state index in [2.05, 4.69) is 10.4 Å². The normalized spacial score (nSPS) is 16.7. The number of carbonyl (C=O) groups excluding carboxylic acids is 2. The first-order valence-corrected chi connectivity index (χ1v) is 11.6. The van der Waals surface area contributed by atoms with Crippen molar-refractivity contribution >= 4 is 40.5 Å². The molecule has 0 atom stereocenters. The Hall–Kier alpha value is -3.66. The molecule has 10 heteroatoms. The highest BCUT2D eigenvalue weighted by molar-refractivity contribution is 7.81. The van der Waals surface area contributed by atoms with Gasteiger partial charge in [-0.1, -0.05) is 6.07 Å². The number of amides is 2. The average Bonchev–Trinajstić information content (AvgIpc) is 3.32. The molecular formula is C25H23F2N5O2S. The summed E-state index contributed by atoms with van der Waals surface area (Å²) >= 11 is 5.70. The summed E-state index contributed by atoms with van der Waals surface area (Å²) < 4.78 is 30.4. The quantitative estimate of drug-likeness (QED) is 0.542. The maximum atomic E-state index is 15.1. The van der Waals surface area contributed by atoms with Crippen molar-refractivity contribution in [2.75, 3.05) is 9.80 Å². The molecule has 5 rings (SSSR count). The first-order valence-electron chi connectivity index (χ1n) is 11.2. The Kier molecular flexibility index (Phi) is 5.63. The van der Waals surface area contributed by atoms with Crippen LogP contribution in [0.2, 0.25) is 0 Å². The van der Waals surface area contributed by atoms with Crippen molar-refractivity contribution in [3.8, 4) is 0 Å². The third-order valence-corrected chi connectivity index (χ3v) is 7.15. The Bertz CT molecular complexity index is 1370. The van der Waals surface area contributed by atoms with E-state index in [0.29, 0.717) is 41.0 Å². The molecule has 1 N–H and O–H groups in total. The number of thiocarbonyl (C=S) groups is 1. The highest BCUT2D eigenvalue weighted by Gasteiger charge is 2.59. The van der Waals surface area contributed by atoms with Gasteiger partial charge < -0.3 is 10.2 Å². The predicted molar refractivity (Wildman–Crippen MR) is 131 cm³/mol. The van der Waals surface area contributed by atoms with E-state index in [1.807, 2.05) is 0 Å². The number of aryl methyl sites for hydroxylation is 2. The van der Waals surface area contributed by atoms with Gasteiger partial charge in [-0.25, -0.2) is 8.78 Å². The van der Waals surface area contributed by atoms with Crippen LogP contribution in [0.4, 0.5) is 20.2 Å². The van der Waals surface area contributed by atoms with Crippen molar-refractivity contribution in [2.24, 2.45) is 7.05 Å². The maximum absolute atomic E-state index is 15.1. The summed E-state index contributed by atoms with van der Waals surface area (Å²) in [5.41, 5.74) is 1.15. The fourth-order valence-electron chi connectivity index (χ4n) is 4.66. The number of benzene rings is 2. The fraction of sp³-hybridized carbons (Fsp3) is 0.280. The van der Waals surface area contributed by atoms with Gasteiger partial charge in [0.15, 0.2) is 5.11 Å². The van der Waals surface area contributed by atoms with Crippen LogP contribution in [0.3, 0.4) is 0 Å². The fourth-order valence-corrected chi connectivity index (χ4v) is 5.13. The van der Waals surface area contributed by atoms with Gasteiger partial charge >= 0.3 is 0 Å². The number of aromatic nitrogens is 2. The Labute approximate surface area is 206 Å². The number of hydrogen-bond donors (Lipinski definition) is 1. The van der Waals surface area contributed by atoms with Crippen LogP contribution in [0.5, 0.6) is 0 Å². The molecule has 0 unspecified atom stereocenters. The molecule has 2 fully saturated rings. The van der Waals surface area contributed by atoms with E-state index >= 15 is 4.39 Å². The molecule has 35 heavy (non-hydrogen) atoms. The number of carbonyl (C=O) groups is 2. The Morgan fingerprint density at radius 2 is 1.86 bits per heavy atom. The summed E-state index contributed by atoms with van der Waals surface area (Å²) in [7, 11) is 1.65. The van der Waals surface area contributed by atoms with Crippen LogP contribution >= 0.6 is 12.2 Å². The molecule has 1 aliphatic heterocycles. The minimum Gasteiger partial charge on any atom is -0.347 e. The van der Waals surface area contributed by atoms with Gasteiger partial charge in [-0.3, -0.25) is 19.2 Å². The van der Waals surface area contributed by atoms with Crippen molar-refractivity contribution in [1.29, 1.82) is 0 Å². The SMILES string of the molecule is Cc1cc(N2C(=O)C3(CCC3)N(c3ccc(CNC(=O)c4ccnn4C)c(F)c3)C2=S)ccc1F. The summed E-state index contributed by atoms with van der Waals surface area (Å²) in [6.07, 6.45) is 3.54. The first kappa shape index (κ1) is 23.1.